The molecule has 3 amide bonds. The van der Waals surface area contributed by atoms with Crippen molar-refractivity contribution in [1.82, 2.24) is 4.90 Å². The van der Waals surface area contributed by atoms with E-state index in [1.54, 1.807) is 9.80 Å². The monoisotopic (exact) mass is 505 g/mol. The van der Waals surface area contributed by atoms with Crippen molar-refractivity contribution >= 4 is 29.3 Å². The Hall–Kier alpha value is -3.39. The number of anilines is 2. The first-order valence-corrected chi connectivity index (χ1v) is 13.3. The zero-order valence-electron chi connectivity index (χ0n) is 21.2. The number of hydrogen-bond donors (Lipinski definition) is 1. The van der Waals surface area contributed by atoms with E-state index in [0.717, 1.165) is 37.1 Å². The summed E-state index contributed by atoms with van der Waals surface area (Å²) in [7, 11) is 0. The van der Waals surface area contributed by atoms with Gasteiger partial charge in [-0.3, -0.25) is 14.5 Å². The number of carbonyl (C=O) groups excluding carboxylic acids is 2. The van der Waals surface area contributed by atoms with Crippen LogP contribution in [-0.2, 0) is 20.7 Å². The number of hydrogen-bond acceptors (Lipinski definition) is 4. The second-order valence-electron chi connectivity index (χ2n) is 10.4. The first-order valence-electron chi connectivity index (χ1n) is 13.3. The van der Waals surface area contributed by atoms with Crippen molar-refractivity contribution in [3.63, 3.8) is 0 Å². The van der Waals surface area contributed by atoms with Gasteiger partial charge in [-0.15, -0.1) is 0 Å². The van der Waals surface area contributed by atoms with Crippen molar-refractivity contribution < 1.29 is 24.2 Å². The summed E-state index contributed by atoms with van der Waals surface area (Å²) >= 11 is 0. The van der Waals surface area contributed by atoms with Crippen LogP contribution in [0.15, 0.2) is 54.6 Å². The number of ether oxygens (including phenoxy) is 1. The van der Waals surface area contributed by atoms with Gasteiger partial charge in [0.2, 0.25) is 5.91 Å². The normalized spacial score (nSPS) is 19.7. The molecule has 2 fully saturated rings. The van der Waals surface area contributed by atoms with Crippen LogP contribution in [0.2, 0.25) is 0 Å². The second kappa shape index (κ2) is 10.9. The molecule has 37 heavy (non-hydrogen) atoms. The quantitative estimate of drug-likeness (QED) is 0.653. The number of carboxylic acids is 1. The minimum absolute atomic E-state index is 0.0182. The van der Waals surface area contributed by atoms with E-state index in [1.807, 2.05) is 53.4 Å². The average Bonchev–Trinajstić information content (AvgIpc) is 2.94. The molecule has 0 aliphatic carbocycles. The Morgan fingerprint density at radius 1 is 0.946 bits per heavy atom. The summed E-state index contributed by atoms with van der Waals surface area (Å²) < 4.78 is 5.51. The molecule has 3 aliphatic heterocycles. The minimum atomic E-state index is -1.19. The summed E-state index contributed by atoms with van der Waals surface area (Å²) in [5, 5.41) is 10.3. The number of fused-ring (bicyclic) bond motifs is 1. The number of benzene rings is 2. The van der Waals surface area contributed by atoms with Gasteiger partial charge >= 0.3 is 12.0 Å². The standard InChI is InChI=1S/C29H35N3O5/c33-26(32(23-9-2-1-3-10-23)24-12-19-37-20-13-24)21-29(27(34)35)14-17-30(18-15-29)28(36)31-16-6-8-22-7-4-5-11-25(22)31/h1-5,7,9-11,24H,6,8,12-21H2,(H,34,35). The molecule has 0 unspecified atom stereocenters. The zero-order valence-corrected chi connectivity index (χ0v) is 21.2. The molecular formula is C29H35N3O5. The number of nitrogens with zero attached hydrogens (tertiary/aromatic N) is 3. The molecule has 2 aromatic rings. The van der Waals surface area contributed by atoms with E-state index in [2.05, 4.69) is 6.07 Å². The number of urea groups is 1. The molecule has 1 N–H and O–H groups in total. The summed E-state index contributed by atoms with van der Waals surface area (Å²) in [5.74, 6) is -1.14. The zero-order chi connectivity index (χ0) is 25.8. The van der Waals surface area contributed by atoms with E-state index in [0.29, 0.717) is 32.8 Å². The SMILES string of the molecule is O=C(N1CCC(CC(=O)N(c2ccccc2)C2CCOCC2)(C(=O)O)CC1)N1CCCc2ccccc21. The second-order valence-corrected chi connectivity index (χ2v) is 10.4. The number of likely N-dealkylation sites (tertiary alicyclic amines) is 1. The molecule has 0 saturated carbocycles. The van der Waals surface area contributed by atoms with Crippen LogP contribution in [0.25, 0.3) is 0 Å². The summed E-state index contributed by atoms with van der Waals surface area (Å²) in [6.07, 6.45) is 3.74. The molecule has 2 saturated heterocycles. The maximum atomic E-state index is 13.8. The highest BCUT2D eigenvalue weighted by atomic mass is 16.5. The van der Waals surface area contributed by atoms with Crippen LogP contribution in [0.5, 0.6) is 0 Å². The maximum absolute atomic E-state index is 13.8. The molecule has 0 aromatic heterocycles. The highest BCUT2D eigenvalue weighted by Crippen LogP contribution is 2.38. The van der Waals surface area contributed by atoms with Gasteiger partial charge in [0.15, 0.2) is 0 Å². The molecule has 0 radical (unpaired) electrons. The summed E-state index contributed by atoms with van der Waals surface area (Å²) in [5.41, 5.74) is 1.71. The van der Waals surface area contributed by atoms with Crippen molar-refractivity contribution in [2.24, 2.45) is 5.41 Å². The Morgan fingerprint density at radius 3 is 2.32 bits per heavy atom. The van der Waals surface area contributed by atoms with Crippen LogP contribution < -0.4 is 9.80 Å². The van der Waals surface area contributed by atoms with Crippen LogP contribution in [0.3, 0.4) is 0 Å². The minimum Gasteiger partial charge on any atom is -0.481 e. The lowest BCUT2D eigenvalue weighted by molar-refractivity contribution is -0.154. The number of carbonyl (C=O) groups is 3. The Balaban J connectivity index is 1.30. The summed E-state index contributed by atoms with van der Waals surface area (Å²) in [6, 6.07) is 17.4. The molecule has 0 atom stereocenters. The molecule has 8 nitrogen and oxygen atoms in total. The van der Waals surface area contributed by atoms with E-state index < -0.39 is 11.4 Å². The number of aryl methyl sites for hydroxylation is 1. The molecule has 5 rings (SSSR count). The molecule has 8 heteroatoms. The van der Waals surface area contributed by atoms with E-state index in [9.17, 15) is 19.5 Å². The number of carboxylic acid groups (broad SMARTS) is 1. The molecule has 2 aromatic carbocycles. The summed E-state index contributed by atoms with van der Waals surface area (Å²) in [6.45, 7) is 2.47. The van der Waals surface area contributed by atoms with Crippen molar-refractivity contribution in [3.05, 3.63) is 60.2 Å². The van der Waals surface area contributed by atoms with Crippen LogP contribution in [0, 0.1) is 5.41 Å². The Kier molecular flexibility index (Phi) is 7.46. The Morgan fingerprint density at radius 2 is 1.62 bits per heavy atom. The number of piperidine rings is 1. The van der Waals surface area contributed by atoms with Gasteiger partial charge in [-0.05, 0) is 62.3 Å². The molecule has 0 bridgehead atoms. The lowest BCUT2D eigenvalue weighted by Crippen LogP contribution is -2.53. The van der Waals surface area contributed by atoms with Crippen molar-refractivity contribution in [1.29, 1.82) is 0 Å². The number of para-hydroxylation sites is 2. The fourth-order valence-corrected chi connectivity index (χ4v) is 5.96. The lowest BCUT2D eigenvalue weighted by atomic mass is 9.75. The van der Waals surface area contributed by atoms with Gasteiger partial charge in [0, 0.05) is 56.7 Å². The Bertz CT molecular complexity index is 1120. The first kappa shape index (κ1) is 25.3. The van der Waals surface area contributed by atoms with Gasteiger partial charge in [-0.2, -0.15) is 0 Å². The predicted octanol–water partition coefficient (Wildman–Crippen LogP) is 4.33. The van der Waals surface area contributed by atoms with Gasteiger partial charge in [-0.1, -0.05) is 36.4 Å². The number of rotatable bonds is 5. The average molecular weight is 506 g/mol. The molecule has 3 heterocycles. The van der Waals surface area contributed by atoms with E-state index in [1.165, 1.54) is 5.56 Å². The van der Waals surface area contributed by atoms with Gasteiger partial charge in [0.05, 0.1) is 5.41 Å². The maximum Gasteiger partial charge on any atom is 0.324 e. The number of aliphatic carboxylic acids is 1. The van der Waals surface area contributed by atoms with Crippen LogP contribution in [0.1, 0.15) is 44.1 Å². The molecular weight excluding hydrogens is 470 g/mol. The van der Waals surface area contributed by atoms with Crippen molar-refractivity contribution in [2.45, 2.75) is 51.0 Å². The first-order chi connectivity index (χ1) is 18.0. The van der Waals surface area contributed by atoms with Gasteiger partial charge in [-0.25, -0.2) is 4.79 Å². The van der Waals surface area contributed by atoms with Crippen LogP contribution >= 0.6 is 0 Å². The number of amides is 3. The van der Waals surface area contributed by atoms with Gasteiger partial charge in [0.1, 0.15) is 0 Å². The highest BCUT2D eigenvalue weighted by Gasteiger charge is 2.46. The fourth-order valence-electron chi connectivity index (χ4n) is 5.96. The topological polar surface area (TPSA) is 90.4 Å². The van der Waals surface area contributed by atoms with Crippen molar-refractivity contribution in [3.8, 4) is 0 Å². The highest BCUT2D eigenvalue weighted by molar-refractivity contribution is 5.97. The Labute approximate surface area is 217 Å². The van der Waals surface area contributed by atoms with E-state index >= 15 is 0 Å². The smallest absolute Gasteiger partial charge is 0.324 e. The molecule has 3 aliphatic rings. The molecule has 0 spiro atoms. The largest absolute Gasteiger partial charge is 0.481 e. The third kappa shape index (κ3) is 5.21. The fraction of sp³-hybridized carbons (Fsp3) is 0.483. The van der Waals surface area contributed by atoms with Crippen LogP contribution in [0.4, 0.5) is 16.2 Å². The van der Waals surface area contributed by atoms with E-state index in [4.69, 9.17) is 4.74 Å². The van der Waals surface area contributed by atoms with E-state index in [-0.39, 0.29) is 37.2 Å². The van der Waals surface area contributed by atoms with Crippen LogP contribution in [-0.4, -0.2) is 66.8 Å². The third-order valence-corrected chi connectivity index (χ3v) is 8.13. The summed E-state index contributed by atoms with van der Waals surface area (Å²) in [4.78, 5) is 45.1. The lowest BCUT2D eigenvalue weighted by Gasteiger charge is -2.42. The third-order valence-electron chi connectivity index (χ3n) is 8.13. The van der Waals surface area contributed by atoms with Gasteiger partial charge < -0.3 is 19.6 Å². The van der Waals surface area contributed by atoms with Crippen molar-refractivity contribution in [2.75, 3.05) is 42.6 Å². The van der Waals surface area contributed by atoms with Gasteiger partial charge in [0.25, 0.3) is 0 Å². The predicted molar refractivity (Wildman–Crippen MR) is 141 cm³/mol. The molecule has 196 valence electrons.